The minimum Gasteiger partial charge on any atom is -0.489 e. The van der Waals surface area contributed by atoms with Gasteiger partial charge in [0.05, 0.1) is 6.04 Å². The maximum atomic E-state index is 9.31. The van der Waals surface area contributed by atoms with Crippen molar-refractivity contribution >= 4 is 25.0 Å². The molecule has 4 rings (SSSR count). The van der Waals surface area contributed by atoms with Gasteiger partial charge in [0.2, 0.25) is 0 Å². The van der Waals surface area contributed by atoms with Crippen LogP contribution in [0.2, 0.25) is 0 Å². The maximum Gasteiger partial charge on any atom is 0.304 e. The molecule has 0 saturated heterocycles. The van der Waals surface area contributed by atoms with E-state index in [4.69, 9.17) is 14.3 Å². The van der Waals surface area contributed by atoms with Gasteiger partial charge in [-0.2, -0.15) is 0 Å². The van der Waals surface area contributed by atoms with Crippen LogP contribution in [0.3, 0.4) is 0 Å². The highest BCUT2D eigenvalue weighted by atomic mass is 32.1. The second-order valence-electron chi connectivity index (χ2n) is 7.59. The van der Waals surface area contributed by atoms with E-state index in [0.29, 0.717) is 12.4 Å². The van der Waals surface area contributed by atoms with Gasteiger partial charge in [0.25, 0.3) is 6.26 Å². The highest BCUT2D eigenvalue weighted by Crippen LogP contribution is 2.36. The molecule has 0 aliphatic carbocycles. The van der Waals surface area contributed by atoms with Crippen molar-refractivity contribution in [3.8, 4) is 12.0 Å². The van der Waals surface area contributed by atoms with Crippen molar-refractivity contribution in [1.29, 1.82) is 5.26 Å². The molecule has 1 atom stereocenters. The fourth-order valence-electron chi connectivity index (χ4n) is 3.82. The van der Waals surface area contributed by atoms with Crippen molar-refractivity contribution in [2.75, 3.05) is 6.54 Å². The van der Waals surface area contributed by atoms with Crippen LogP contribution >= 0.6 is 12.9 Å². The quantitative estimate of drug-likeness (QED) is 0.203. The Morgan fingerprint density at radius 3 is 2.56 bits per heavy atom. The van der Waals surface area contributed by atoms with Crippen LogP contribution in [0.15, 0.2) is 84.6 Å². The van der Waals surface area contributed by atoms with E-state index in [-0.39, 0.29) is 12.5 Å². The summed E-state index contributed by atoms with van der Waals surface area (Å²) < 4.78 is 15.1. The van der Waals surface area contributed by atoms with Gasteiger partial charge in [-0.1, -0.05) is 72.3 Å². The molecule has 3 aromatic carbocycles. The smallest absolute Gasteiger partial charge is 0.304 e. The summed E-state index contributed by atoms with van der Waals surface area (Å²) >= 11 is 3.05. The van der Waals surface area contributed by atoms with Crippen LogP contribution in [0.4, 0.5) is 0 Å². The van der Waals surface area contributed by atoms with Crippen LogP contribution in [0, 0.1) is 18.4 Å². The Bertz CT molecular complexity index is 1160. The molecule has 1 heterocycles. The number of hydrogen-bond acceptors (Lipinski definition) is 7. The van der Waals surface area contributed by atoms with E-state index in [1.54, 1.807) is 0 Å². The van der Waals surface area contributed by atoms with E-state index in [1.165, 1.54) is 5.56 Å². The van der Waals surface area contributed by atoms with Gasteiger partial charge < -0.3 is 19.0 Å². The average molecular weight is 475 g/mol. The van der Waals surface area contributed by atoms with Crippen LogP contribution in [0.5, 0.6) is 5.75 Å². The van der Waals surface area contributed by atoms with Gasteiger partial charge in [0, 0.05) is 25.0 Å². The number of thiol groups is 1. The Labute approximate surface area is 205 Å². The highest BCUT2D eigenvalue weighted by molar-refractivity contribution is 7.75. The number of carbonyl (C=O) groups is 1. The minimum atomic E-state index is -0.151. The van der Waals surface area contributed by atoms with Gasteiger partial charge in [-0.05, 0) is 42.2 Å². The van der Waals surface area contributed by atoms with E-state index in [1.807, 2.05) is 66.9 Å². The Morgan fingerprint density at radius 2 is 1.85 bits per heavy atom. The highest BCUT2D eigenvalue weighted by Gasteiger charge is 2.27. The van der Waals surface area contributed by atoms with Crippen LogP contribution in [-0.2, 0) is 20.3 Å². The molecule has 0 radical (unpaired) electrons. The van der Waals surface area contributed by atoms with Gasteiger partial charge in [0.15, 0.2) is 0 Å². The van der Waals surface area contributed by atoms with Crippen LogP contribution < -0.4 is 10.1 Å². The predicted octanol–water partition coefficient (Wildman–Crippen LogP) is 5.52. The topological polar surface area (TPSA) is 80.6 Å². The second-order valence-corrected chi connectivity index (χ2v) is 7.80. The molecule has 0 fully saturated rings. The van der Waals surface area contributed by atoms with Crippen LogP contribution in [-0.4, -0.2) is 13.0 Å². The molecule has 7 heteroatoms. The van der Waals surface area contributed by atoms with Gasteiger partial charge in [-0.3, -0.25) is 4.79 Å². The molecule has 1 aliphatic rings. The maximum absolute atomic E-state index is 9.31. The third-order valence-electron chi connectivity index (χ3n) is 5.29. The Kier molecular flexibility index (Phi) is 9.59. The Balaban J connectivity index is 0.000000751. The number of nitrogens with zero attached hydrogens (tertiary/aromatic N) is 1. The summed E-state index contributed by atoms with van der Waals surface area (Å²) in [5.41, 5.74) is 5.44. The summed E-state index contributed by atoms with van der Waals surface area (Å²) in [7, 11) is 0. The number of benzene rings is 3. The second kappa shape index (κ2) is 13.1. The largest absolute Gasteiger partial charge is 0.489 e. The molecule has 0 spiro atoms. The van der Waals surface area contributed by atoms with Gasteiger partial charge in [-0.25, -0.2) is 0 Å². The zero-order valence-corrected chi connectivity index (χ0v) is 19.7. The van der Waals surface area contributed by atoms with Crippen molar-refractivity contribution in [2.24, 2.45) is 0 Å². The molecular formula is C27H26N2O4S. The van der Waals surface area contributed by atoms with Crippen molar-refractivity contribution in [2.45, 2.75) is 26.0 Å². The number of aryl methyl sites for hydroxylation is 1. The molecule has 0 aromatic heterocycles. The molecule has 0 bridgehead atoms. The van der Waals surface area contributed by atoms with E-state index in [0.717, 1.165) is 41.0 Å². The number of rotatable bonds is 7. The SMILES string of the molecule is Cc1cccc(C2NCCC(c3cccc(OCc4ccccc4)c3)=C2OC#N)c1.O=COS. The zero-order valence-electron chi connectivity index (χ0n) is 18.8. The first kappa shape index (κ1) is 24.9. The van der Waals surface area contributed by atoms with Crippen molar-refractivity contribution in [3.05, 3.63) is 107 Å². The molecule has 6 nitrogen and oxygen atoms in total. The van der Waals surface area contributed by atoms with Gasteiger partial charge in [0.1, 0.15) is 18.1 Å². The number of nitriles is 1. The number of carbonyl (C=O) groups excluding carboxylic acids is 1. The lowest BCUT2D eigenvalue weighted by atomic mass is 9.91. The lowest BCUT2D eigenvalue weighted by Crippen LogP contribution is -2.30. The fourth-order valence-corrected chi connectivity index (χ4v) is 3.82. The summed E-state index contributed by atoms with van der Waals surface area (Å²) in [5, 5.41) is 12.8. The van der Waals surface area contributed by atoms with Crippen LogP contribution in [0.1, 0.15) is 34.7 Å². The van der Waals surface area contributed by atoms with E-state index in [9.17, 15) is 5.26 Å². The molecule has 0 amide bonds. The summed E-state index contributed by atoms with van der Waals surface area (Å²) in [4.78, 5) is 8.88. The Morgan fingerprint density at radius 1 is 1.09 bits per heavy atom. The molecule has 1 unspecified atom stereocenters. The first-order chi connectivity index (χ1) is 16.7. The van der Waals surface area contributed by atoms with Gasteiger partial charge >= 0.3 is 6.47 Å². The minimum absolute atomic E-state index is 0.151. The lowest BCUT2D eigenvalue weighted by Gasteiger charge is -2.28. The third-order valence-corrected chi connectivity index (χ3v) is 5.37. The molecule has 1 N–H and O–H groups in total. The van der Waals surface area contributed by atoms with E-state index in [2.05, 4.69) is 47.5 Å². The zero-order chi connectivity index (χ0) is 24.2. The standard InChI is InChI=1S/C26H24N2O2.CH2O2S/c1-19-7-5-11-22(15-19)25-26(30-18-27)24(13-14-28-25)21-10-6-12-23(16-21)29-17-20-8-3-2-4-9-20;2-1-3-4/h2-12,15-16,25,28H,13-14,17H2,1H3;1,4H. The fraction of sp³-hybridized carbons (Fsp3) is 0.185. The third kappa shape index (κ3) is 6.88. The first-order valence-electron chi connectivity index (χ1n) is 10.8. The summed E-state index contributed by atoms with van der Waals surface area (Å²) in [5.74, 6) is 1.46. The summed E-state index contributed by atoms with van der Waals surface area (Å²) in [6, 6.07) is 26.2. The predicted molar refractivity (Wildman–Crippen MR) is 134 cm³/mol. The van der Waals surface area contributed by atoms with Crippen molar-refractivity contribution in [1.82, 2.24) is 5.32 Å². The summed E-state index contributed by atoms with van der Waals surface area (Å²) in [6.45, 7) is 3.62. The normalized spacial score (nSPS) is 14.8. The van der Waals surface area contributed by atoms with Crippen LogP contribution in [0.25, 0.3) is 5.57 Å². The molecular weight excluding hydrogens is 448 g/mol. The van der Waals surface area contributed by atoms with Gasteiger partial charge in [-0.15, -0.1) is 5.26 Å². The lowest BCUT2D eigenvalue weighted by molar-refractivity contribution is -0.119. The van der Waals surface area contributed by atoms with E-state index < -0.39 is 0 Å². The Hall–Kier alpha value is -3.73. The van der Waals surface area contributed by atoms with Crippen molar-refractivity contribution < 1.29 is 18.5 Å². The van der Waals surface area contributed by atoms with Crippen molar-refractivity contribution in [3.63, 3.8) is 0 Å². The number of nitrogens with one attached hydrogen (secondary N) is 1. The summed E-state index contributed by atoms with van der Waals surface area (Å²) in [6.07, 6.45) is 2.66. The van der Waals surface area contributed by atoms with E-state index >= 15 is 0 Å². The molecule has 174 valence electrons. The molecule has 0 saturated carbocycles. The number of hydrogen-bond donors (Lipinski definition) is 2. The molecule has 3 aromatic rings. The molecule has 1 aliphatic heterocycles. The number of ether oxygens (including phenoxy) is 2. The monoisotopic (exact) mass is 474 g/mol. The average Bonchev–Trinajstić information content (AvgIpc) is 2.89. The first-order valence-corrected chi connectivity index (χ1v) is 11.1. The molecule has 34 heavy (non-hydrogen) atoms.